The van der Waals surface area contributed by atoms with E-state index in [0.29, 0.717) is 11.4 Å². The van der Waals surface area contributed by atoms with E-state index in [1.807, 2.05) is 42.5 Å². The third-order valence-electron chi connectivity index (χ3n) is 4.88. The summed E-state index contributed by atoms with van der Waals surface area (Å²) >= 11 is 5.94. The number of amides is 1. The van der Waals surface area contributed by atoms with Gasteiger partial charge in [0.1, 0.15) is 0 Å². The summed E-state index contributed by atoms with van der Waals surface area (Å²) in [6.07, 6.45) is 0.664. The molecule has 0 spiro atoms. The number of rotatable bonds is 2. The minimum absolute atomic E-state index is 0.00937. The Morgan fingerprint density at radius 3 is 2.38 bits per heavy atom. The molecular formula is C22H19ClN2O. The normalized spacial score (nSPS) is 15.6. The van der Waals surface area contributed by atoms with E-state index in [0.717, 1.165) is 22.6 Å². The Morgan fingerprint density at radius 2 is 1.62 bits per heavy atom. The highest BCUT2D eigenvalue weighted by Gasteiger charge is 2.29. The number of fused-ring (bicyclic) bond motifs is 2. The zero-order valence-electron chi connectivity index (χ0n) is 14.4. The van der Waals surface area contributed by atoms with Crippen LogP contribution in [0, 0.1) is 0 Å². The quantitative estimate of drug-likeness (QED) is 0.663. The summed E-state index contributed by atoms with van der Waals surface area (Å²) in [5.74, 6) is -0.266. The summed E-state index contributed by atoms with van der Waals surface area (Å²) in [5.41, 5.74) is 5.17. The van der Waals surface area contributed by atoms with E-state index in [1.165, 1.54) is 5.56 Å². The van der Waals surface area contributed by atoms with Crippen molar-refractivity contribution in [2.24, 2.45) is 0 Å². The van der Waals surface area contributed by atoms with Crippen LogP contribution in [0.3, 0.4) is 0 Å². The van der Waals surface area contributed by atoms with Gasteiger partial charge in [-0.3, -0.25) is 4.79 Å². The fourth-order valence-corrected chi connectivity index (χ4v) is 3.68. The average molecular weight is 363 g/mol. The van der Waals surface area contributed by atoms with Gasteiger partial charge in [0.15, 0.2) is 0 Å². The van der Waals surface area contributed by atoms with E-state index in [9.17, 15) is 4.79 Å². The molecule has 4 heteroatoms. The molecule has 0 fully saturated rings. The molecule has 1 unspecified atom stereocenters. The highest BCUT2D eigenvalue weighted by Crippen LogP contribution is 2.40. The predicted octanol–water partition coefficient (Wildman–Crippen LogP) is 5.39. The lowest BCUT2D eigenvalue weighted by Crippen LogP contribution is -2.23. The maximum Gasteiger partial charge on any atom is 0.232 e. The molecule has 3 aromatic carbocycles. The first kappa shape index (κ1) is 16.7. The van der Waals surface area contributed by atoms with Crippen LogP contribution < -0.4 is 10.2 Å². The predicted molar refractivity (Wildman–Crippen MR) is 107 cm³/mol. The minimum Gasteiger partial charge on any atom is -0.344 e. The lowest BCUT2D eigenvalue weighted by molar-refractivity contribution is -0.117. The monoisotopic (exact) mass is 362 g/mol. The number of hydrogen-bond acceptors (Lipinski definition) is 2. The van der Waals surface area contributed by atoms with Crippen molar-refractivity contribution in [3.8, 4) is 0 Å². The van der Waals surface area contributed by atoms with Crippen molar-refractivity contribution in [2.45, 2.75) is 12.3 Å². The molecule has 0 saturated heterocycles. The number of benzene rings is 3. The maximum absolute atomic E-state index is 13.1. The second kappa shape index (κ2) is 6.85. The third-order valence-corrected chi connectivity index (χ3v) is 5.13. The van der Waals surface area contributed by atoms with Gasteiger partial charge >= 0.3 is 0 Å². The fourth-order valence-electron chi connectivity index (χ4n) is 3.55. The Kier molecular flexibility index (Phi) is 4.39. The number of nitrogens with one attached hydrogen (secondary N) is 1. The number of halogens is 1. The zero-order valence-corrected chi connectivity index (χ0v) is 15.2. The lowest BCUT2D eigenvalue weighted by atomic mass is 9.91. The highest BCUT2D eigenvalue weighted by molar-refractivity contribution is 6.30. The van der Waals surface area contributed by atoms with Crippen LogP contribution in [0.5, 0.6) is 0 Å². The molecule has 0 radical (unpaired) electrons. The molecular weight excluding hydrogens is 344 g/mol. The van der Waals surface area contributed by atoms with E-state index < -0.39 is 0 Å². The Balaban J connectivity index is 1.74. The van der Waals surface area contributed by atoms with Crippen molar-refractivity contribution in [3.05, 3.63) is 88.9 Å². The van der Waals surface area contributed by atoms with Crippen LogP contribution >= 0.6 is 11.6 Å². The van der Waals surface area contributed by atoms with Gasteiger partial charge in [-0.15, -0.1) is 0 Å². The van der Waals surface area contributed by atoms with Crippen molar-refractivity contribution in [2.75, 3.05) is 17.3 Å². The molecule has 130 valence electrons. The molecule has 1 aliphatic heterocycles. The van der Waals surface area contributed by atoms with Gasteiger partial charge < -0.3 is 10.2 Å². The molecule has 4 rings (SSSR count). The second-order valence-corrected chi connectivity index (χ2v) is 6.94. The van der Waals surface area contributed by atoms with E-state index in [2.05, 4.69) is 35.5 Å². The minimum atomic E-state index is -0.257. The number of carbonyl (C=O) groups excluding carboxylic acids is 1. The van der Waals surface area contributed by atoms with E-state index in [1.54, 1.807) is 12.1 Å². The topological polar surface area (TPSA) is 32.3 Å². The first-order chi connectivity index (χ1) is 12.6. The average Bonchev–Trinajstić information content (AvgIpc) is 2.79. The van der Waals surface area contributed by atoms with Crippen LogP contribution in [0.2, 0.25) is 5.02 Å². The smallest absolute Gasteiger partial charge is 0.232 e. The van der Waals surface area contributed by atoms with Crippen molar-refractivity contribution >= 4 is 34.6 Å². The SMILES string of the molecule is CN1c2ccccc2CC(C(=O)Nc2ccc(Cl)cc2)c2ccccc21. The van der Waals surface area contributed by atoms with Gasteiger partial charge in [-0.25, -0.2) is 0 Å². The summed E-state index contributed by atoms with van der Waals surface area (Å²) in [6, 6.07) is 23.6. The first-order valence-corrected chi connectivity index (χ1v) is 8.98. The molecule has 1 atom stereocenters. The molecule has 0 aromatic heterocycles. The van der Waals surface area contributed by atoms with Gasteiger partial charge in [-0.2, -0.15) is 0 Å². The molecule has 0 saturated carbocycles. The zero-order chi connectivity index (χ0) is 18.1. The van der Waals surface area contributed by atoms with Gasteiger partial charge in [-0.1, -0.05) is 48.0 Å². The third kappa shape index (κ3) is 3.06. The number of para-hydroxylation sites is 2. The highest BCUT2D eigenvalue weighted by atomic mass is 35.5. The number of hydrogen-bond donors (Lipinski definition) is 1. The van der Waals surface area contributed by atoms with Crippen LogP contribution in [0.4, 0.5) is 17.1 Å². The van der Waals surface area contributed by atoms with Crippen LogP contribution in [0.1, 0.15) is 17.0 Å². The van der Waals surface area contributed by atoms with Gasteiger partial charge in [0, 0.05) is 29.1 Å². The molecule has 1 heterocycles. The Morgan fingerprint density at radius 1 is 0.962 bits per heavy atom. The van der Waals surface area contributed by atoms with E-state index >= 15 is 0 Å². The molecule has 3 aromatic rings. The lowest BCUT2D eigenvalue weighted by Gasteiger charge is -2.22. The summed E-state index contributed by atoms with van der Waals surface area (Å²) in [7, 11) is 2.05. The summed E-state index contributed by atoms with van der Waals surface area (Å²) in [6.45, 7) is 0. The molecule has 26 heavy (non-hydrogen) atoms. The standard InChI is InChI=1S/C22H19ClN2O/c1-25-20-8-4-2-6-15(20)14-19(18-7-3-5-9-21(18)25)22(26)24-17-12-10-16(23)11-13-17/h2-13,19H,14H2,1H3,(H,24,26). The molecule has 0 bridgehead atoms. The van der Waals surface area contributed by atoms with Gasteiger partial charge in [-0.05, 0) is 53.9 Å². The van der Waals surface area contributed by atoms with Crippen molar-refractivity contribution in [1.29, 1.82) is 0 Å². The first-order valence-electron chi connectivity index (χ1n) is 8.60. The van der Waals surface area contributed by atoms with Crippen LogP contribution in [-0.4, -0.2) is 13.0 Å². The maximum atomic E-state index is 13.1. The Labute approximate surface area is 158 Å². The van der Waals surface area contributed by atoms with Crippen LogP contribution in [0.15, 0.2) is 72.8 Å². The van der Waals surface area contributed by atoms with Crippen molar-refractivity contribution in [1.82, 2.24) is 0 Å². The Hall–Kier alpha value is -2.78. The van der Waals surface area contributed by atoms with Gasteiger partial charge in [0.05, 0.1) is 5.92 Å². The largest absolute Gasteiger partial charge is 0.344 e. The van der Waals surface area contributed by atoms with Crippen LogP contribution in [0.25, 0.3) is 0 Å². The molecule has 1 N–H and O–H groups in total. The van der Waals surface area contributed by atoms with Crippen molar-refractivity contribution < 1.29 is 4.79 Å². The van der Waals surface area contributed by atoms with Gasteiger partial charge in [0.25, 0.3) is 0 Å². The number of anilines is 3. The van der Waals surface area contributed by atoms with Crippen molar-refractivity contribution in [3.63, 3.8) is 0 Å². The molecule has 3 nitrogen and oxygen atoms in total. The van der Waals surface area contributed by atoms with Crippen LogP contribution in [-0.2, 0) is 11.2 Å². The number of carbonyl (C=O) groups is 1. The summed E-state index contributed by atoms with van der Waals surface area (Å²) in [4.78, 5) is 15.3. The fraction of sp³-hybridized carbons (Fsp3) is 0.136. The van der Waals surface area contributed by atoms with Gasteiger partial charge in [0.2, 0.25) is 5.91 Å². The molecule has 0 aliphatic carbocycles. The summed E-state index contributed by atoms with van der Waals surface area (Å²) in [5, 5.41) is 3.69. The number of nitrogens with zero attached hydrogens (tertiary/aromatic N) is 1. The Bertz CT molecular complexity index is 952. The summed E-state index contributed by atoms with van der Waals surface area (Å²) < 4.78 is 0. The molecule has 1 aliphatic rings. The molecule has 1 amide bonds. The van der Waals surface area contributed by atoms with E-state index in [-0.39, 0.29) is 11.8 Å². The second-order valence-electron chi connectivity index (χ2n) is 6.50. The van der Waals surface area contributed by atoms with E-state index in [4.69, 9.17) is 11.6 Å².